The van der Waals surface area contributed by atoms with Gasteiger partial charge in [0.2, 0.25) is 0 Å². The van der Waals surface area contributed by atoms with E-state index in [9.17, 15) is 0 Å². The van der Waals surface area contributed by atoms with Gasteiger partial charge < -0.3 is 14.8 Å². The van der Waals surface area contributed by atoms with Crippen molar-refractivity contribution in [2.24, 2.45) is 0 Å². The number of aromatic nitrogens is 1. The lowest BCUT2D eigenvalue weighted by Crippen LogP contribution is -2.03. The standard InChI is InChI=1S/C15H18N2O2/c1-11-5-4-6-12(17-11)10-16-14-8-7-13(18-2)9-15(14)19-3/h4-9,16H,10H2,1-3H3. The summed E-state index contributed by atoms with van der Waals surface area (Å²) in [5.41, 5.74) is 2.94. The molecule has 0 saturated heterocycles. The smallest absolute Gasteiger partial charge is 0.145 e. The first-order valence-electron chi connectivity index (χ1n) is 6.11. The molecule has 4 heteroatoms. The first-order chi connectivity index (χ1) is 9.22. The Morgan fingerprint density at radius 3 is 2.63 bits per heavy atom. The molecule has 2 rings (SSSR count). The van der Waals surface area contributed by atoms with Crippen molar-refractivity contribution in [1.82, 2.24) is 4.98 Å². The Kier molecular flexibility index (Phi) is 4.23. The second-order valence-corrected chi connectivity index (χ2v) is 4.19. The van der Waals surface area contributed by atoms with E-state index in [0.717, 1.165) is 28.6 Å². The second-order valence-electron chi connectivity index (χ2n) is 4.19. The van der Waals surface area contributed by atoms with Crippen LogP contribution in [0.4, 0.5) is 5.69 Å². The average molecular weight is 258 g/mol. The number of hydrogen-bond acceptors (Lipinski definition) is 4. The highest BCUT2D eigenvalue weighted by Crippen LogP contribution is 2.29. The van der Waals surface area contributed by atoms with Gasteiger partial charge in [-0.3, -0.25) is 4.98 Å². The van der Waals surface area contributed by atoms with Gasteiger partial charge in [-0.25, -0.2) is 0 Å². The first-order valence-corrected chi connectivity index (χ1v) is 6.11. The molecule has 0 bridgehead atoms. The highest BCUT2D eigenvalue weighted by Gasteiger charge is 2.05. The van der Waals surface area contributed by atoms with Crippen molar-refractivity contribution >= 4 is 5.69 Å². The summed E-state index contributed by atoms with van der Waals surface area (Å²) in [5.74, 6) is 1.53. The Labute approximate surface area is 113 Å². The predicted molar refractivity (Wildman–Crippen MR) is 75.8 cm³/mol. The van der Waals surface area contributed by atoms with Crippen LogP contribution in [0.2, 0.25) is 0 Å². The summed E-state index contributed by atoms with van der Waals surface area (Å²) in [6, 6.07) is 11.7. The second kappa shape index (κ2) is 6.09. The average Bonchev–Trinajstić information content (AvgIpc) is 2.45. The maximum absolute atomic E-state index is 5.34. The van der Waals surface area contributed by atoms with Gasteiger partial charge in [0.15, 0.2) is 0 Å². The van der Waals surface area contributed by atoms with E-state index in [1.54, 1.807) is 14.2 Å². The molecule has 1 N–H and O–H groups in total. The lowest BCUT2D eigenvalue weighted by molar-refractivity contribution is 0.395. The van der Waals surface area contributed by atoms with E-state index in [-0.39, 0.29) is 0 Å². The van der Waals surface area contributed by atoms with E-state index in [4.69, 9.17) is 9.47 Å². The number of nitrogens with one attached hydrogen (secondary N) is 1. The number of ether oxygens (including phenoxy) is 2. The van der Waals surface area contributed by atoms with Gasteiger partial charge >= 0.3 is 0 Å². The molecule has 0 fully saturated rings. The summed E-state index contributed by atoms with van der Waals surface area (Å²) in [4.78, 5) is 4.45. The van der Waals surface area contributed by atoms with Crippen LogP contribution in [0.1, 0.15) is 11.4 Å². The van der Waals surface area contributed by atoms with Crippen LogP contribution in [-0.2, 0) is 6.54 Å². The highest BCUT2D eigenvalue weighted by molar-refractivity contribution is 5.59. The van der Waals surface area contributed by atoms with Crippen LogP contribution < -0.4 is 14.8 Å². The zero-order valence-electron chi connectivity index (χ0n) is 11.4. The molecule has 19 heavy (non-hydrogen) atoms. The van der Waals surface area contributed by atoms with E-state index in [1.807, 2.05) is 43.3 Å². The van der Waals surface area contributed by atoms with Gasteiger partial charge in [-0.2, -0.15) is 0 Å². The molecule has 0 unspecified atom stereocenters. The SMILES string of the molecule is COc1ccc(NCc2cccc(C)n2)c(OC)c1. The number of pyridine rings is 1. The molecule has 1 aromatic heterocycles. The van der Waals surface area contributed by atoms with Gasteiger partial charge in [0.25, 0.3) is 0 Å². The predicted octanol–water partition coefficient (Wildman–Crippen LogP) is 3.02. The normalized spacial score (nSPS) is 10.1. The summed E-state index contributed by atoms with van der Waals surface area (Å²) in [7, 11) is 3.28. The van der Waals surface area contributed by atoms with Crippen molar-refractivity contribution in [3.05, 3.63) is 47.8 Å². The van der Waals surface area contributed by atoms with Gasteiger partial charge in [0.1, 0.15) is 11.5 Å². The summed E-state index contributed by atoms with van der Waals surface area (Å²) >= 11 is 0. The Morgan fingerprint density at radius 1 is 1.11 bits per heavy atom. The molecule has 0 atom stereocenters. The fourth-order valence-electron chi connectivity index (χ4n) is 1.83. The Morgan fingerprint density at radius 2 is 1.95 bits per heavy atom. The summed E-state index contributed by atoms with van der Waals surface area (Å²) in [5, 5.41) is 3.32. The zero-order valence-corrected chi connectivity index (χ0v) is 11.4. The van der Waals surface area contributed by atoms with Gasteiger partial charge in [-0.1, -0.05) is 6.07 Å². The number of hydrogen-bond donors (Lipinski definition) is 1. The molecule has 0 aliphatic rings. The van der Waals surface area contributed by atoms with Crippen LogP contribution in [0.3, 0.4) is 0 Å². The monoisotopic (exact) mass is 258 g/mol. The minimum atomic E-state index is 0.657. The van der Waals surface area contributed by atoms with Crippen molar-refractivity contribution in [1.29, 1.82) is 0 Å². The fourth-order valence-corrected chi connectivity index (χ4v) is 1.83. The molecule has 1 heterocycles. The molecule has 0 spiro atoms. The number of aryl methyl sites for hydroxylation is 1. The van der Waals surface area contributed by atoms with Crippen LogP contribution in [-0.4, -0.2) is 19.2 Å². The molecule has 0 aliphatic carbocycles. The van der Waals surface area contributed by atoms with Crippen molar-refractivity contribution in [3.8, 4) is 11.5 Å². The minimum absolute atomic E-state index is 0.657. The van der Waals surface area contributed by atoms with E-state index < -0.39 is 0 Å². The third-order valence-corrected chi connectivity index (χ3v) is 2.81. The molecule has 100 valence electrons. The fraction of sp³-hybridized carbons (Fsp3) is 0.267. The molecule has 0 saturated carbocycles. The van der Waals surface area contributed by atoms with Crippen molar-refractivity contribution < 1.29 is 9.47 Å². The maximum atomic E-state index is 5.34. The van der Waals surface area contributed by atoms with Crippen LogP contribution >= 0.6 is 0 Å². The number of benzene rings is 1. The van der Waals surface area contributed by atoms with E-state index in [2.05, 4.69) is 10.3 Å². The molecule has 4 nitrogen and oxygen atoms in total. The third kappa shape index (κ3) is 3.37. The lowest BCUT2D eigenvalue weighted by Gasteiger charge is -2.12. The maximum Gasteiger partial charge on any atom is 0.145 e. The topological polar surface area (TPSA) is 43.4 Å². The van der Waals surface area contributed by atoms with Crippen molar-refractivity contribution in [2.45, 2.75) is 13.5 Å². The molecular formula is C15H18N2O2. The highest BCUT2D eigenvalue weighted by atomic mass is 16.5. The molecule has 2 aromatic rings. The van der Waals surface area contributed by atoms with Crippen LogP contribution in [0.25, 0.3) is 0 Å². The quantitative estimate of drug-likeness (QED) is 0.895. The molecule has 1 aromatic carbocycles. The summed E-state index contributed by atoms with van der Waals surface area (Å²) in [6.07, 6.45) is 0. The Balaban J connectivity index is 2.11. The number of rotatable bonds is 5. The van der Waals surface area contributed by atoms with Gasteiger partial charge in [0, 0.05) is 11.8 Å². The summed E-state index contributed by atoms with van der Waals surface area (Å²) in [6.45, 7) is 2.64. The van der Waals surface area contributed by atoms with Gasteiger partial charge in [-0.05, 0) is 31.2 Å². The third-order valence-electron chi connectivity index (χ3n) is 2.81. The van der Waals surface area contributed by atoms with Crippen LogP contribution in [0.5, 0.6) is 11.5 Å². The lowest BCUT2D eigenvalue weighted by atomic mass is 10.2. The van der Waals surface area contributed by atoms with Gasteiger partial charge in [0.05, 0.1) is 32.1 Å². The van der Waals surface area contributed by atoms with Gasteiger partial charge in [-0.15, -0.1) is 0 Å². The zero-order chi connectivity index (χ0) is 13.7. The molecule has 0 amide bonds. The van der Waals surface area contributed by atoms with Crippen molar-refractivity contribution in [3.63, 3.8) is 0 Å². The largest absolute Gasteiger partial charge is 0.497 e. The van der Waals surface area contributed by atoms with Crippen LogP contribution in [0, 0.1) is 6.92 Å². The van der Waals surface area contributed by atoms with E-state index in [1.165, 1.54) is 0 Å². The molecule has 0 radical (unpaired) electrons. The molecule has 0 aliphatic heterocycles. The van der Waals surface area contributed by atoms with E-state index in [0.29, 0.717) is 6.54 Å². The molecular weight excluding hydrogens is 240 g/mol. The number of anilines is 1. The Bertz CT molecular complexity index is 556. The first kappa shape index (κ1) is 13.2. The Hall–Kier alpha value is -2.23. The van der Waals surface area contributed by atoms with E-state index >= 15 is 0 Å². The van der Waals surface area contributed by atoms with Crippen molar-refractivity contribution in [2.75, 3.05) is 19.5 Å². The van der Waals surface area contributed by atoms with Crippen LogP contribution in [0.15, 0.2) is 36.4 Å². The number of nitrogens with zero attached hydrogens (tertiary/aromatic N) is 1. The summed E-state index contributed by atoms with van der Waals surface area (Å²) < 4.78 is 10.5. The number of methoxy groups -OCH3 is 2. The minimum Gasteiger partial charge on any atom is -0.497 e.